The predicted octanol–water partition coefficient (Wildman–Crippen LogP) is 5.32. The normalized spacial score (nSPS) is 13.0. The number of rotatable bonds is 8. The molecule has 9 nitrogen and oxygen atoms in total. The number of carbonyl (C=O) groups is 1. The molecular formula is C31H34N8O. The molecule has 2 amide bonds. The molecule has 4 aromatic rings. The van der Waals surface area contributed by atoms with Crippen molar-refractivity contribution in [1.82, 2.24) is 19.9 Å². The summed E-state index contributed by atoms with van der Waals surface area (Å²) in [6.45, 7) is 4.41. The van der Waals surface area contributed by atoms with Crippen LogP contribution in [0.25, 0.3) is 27.6 Å². The highest BCUT2D eigenvalue weighted by Gasteiger charge is 2.18. The lowest BCUT2D eigenvalue weighted by molar-refractivity contribution is 0.230. The molecule has 0 aliphatic heterocycles. The highest BCUT2D eigenvalue weighted by atomic mass is 16.2. The second-order valence-electron chi connectivity index (χ2n) is 9.22. The molecule has 0 saturated carbocycles. The van der Waals surface area contributed by atoms with Crippen LogP contribution in [0.2, 0.25) is 0 Å². The molecule has 1 aromatic carbocycles. The summed E-state index contributed by atoms with van der Waals surface area (Å²) in [7, 11) is 3.34. The van der Waals surface area contributed by atoms with Gasteiger partial charge < -0.3 is 26.7 Å². The van der Waals surface area contributed by atoms with Crippen LogP contribution in [0.1, 0.15) is 25.1 Å². The number of nitrogens with two attached hydrogens (primary N) is 2. The van der Waals surface area contributed by atoms with E-state index in [0.29, 0.717) is 40.4 Å². The van der Waals surface area contributed by atoms with Gasteiger partial charge in [0.05, 0.1) is 23.3 Å². The molecular weight excluding hydrogens is 500 g/mol. The van der Waals surface area contributed by atoms with Gasteiger partial charge >= 0.3 is 6.03 Å². The number of fused-ring (bicyclic) bond motifs is 1. The summed E-state index contributed by atoms with van der Waals surface area (Å²) < 4.78 is 0. The maximum Gasteiger partial charge on any atom is 0.321 e. The molecule has 40 heavy (non-hydrogen) atoms. The first-order chi connectivity index (χ1) is 19.4. The first-order valence-corrected chi connectivity index (χ1v) is 12.9. The van der Waals surface area contributed by atoms with Gasteiger partial charge in [0.1, 0.15) is 0 Å². The number of carbonyl (C=O) groups excluding carboxylic acids is 1. The monoisotopic (exact) mass is 534 g/mol. The molecule has 204 valence electrons. The summed E-state index contributed by atoms with van der Waals surface area (Å²) in [6, 6.07) is 13.8. The summed E-state index contributed by atoms with van der Waals surface area (Å²) in [5.74, 6) is 0. The minimum absolute atomic E-state index is 0.256. The van der Waals surface area contributed by atoms with Crippen molar-refractivity contribution >= 4 is 33.9 Å². The smallest absolute Gasteiger partial charge is 0.321 e. The third-order valence-corrected chi connectivity index (χ3v) is 6.31. The number of benzene rings is 1. The molecule has 4 rings (SSSR count). The summed E-state index contributed by atoms with van der Waals surface area (Å²) in [5.41, 5.74) is 20.5. The van der Waals surface area contributed by atoms with Crippen molar-refractivity contribution < 1.29 is 4.79 Å². The molecule has 0 unspecified atom stereocenters. The van der Waals surface area contributed by atoms with Crippen molar-refractivity contribution in [1.29, 1.82) is 0 Å². The van der Waals surface area contributed by atoms with Gasteiger partial charge in [-0.3, -0.25) is 15.0 Å². The number of nitrogens with one attached hydrogen (secondary N) is 2. The zero-order valence-corrected chi connectivity index (χ0v) is 23.1. The molecule has 0 spiro atoms. The fourth-order valence-electron chi connectivity index (χ4n) is 4.27. The van der Waals surface area contributed by atoms with Gasteiger partial charge in [-0.2, -0.15) is 0 Å². The first-order valence-electron chi connectivity index (χ1n) is 12.9. The Kier molecular flexibility index (Phi) is 8.75. The lowest BCUT2D eigenvalue weighted by Gasteiger charge is -2.14. The van der Waals surface area contributed by atoms with E-state index in [9.17, 15) is 4.79 Å². The second-order valence-corrected chi connectivity index (χ2v) is 9.22. The van der Waals surface area contributed by atoms with Crippen LogP contribution in [0.3, 0.4) is 0 Å². The number of aromatic nitrogens is 3. The zero-order valence-electron chi connectivity index (χ0n) is 23.1. The predicted molar refractivity (Wildman–Crippen MR) is 164 cm³/mol. The lowest BCUT2D eigenvalue weighted by Crippen LogP contribution is -2.27. The Hall–Kier alpha value is -5.18. The molecule has 0 aliphatic rings. The fourth-order valence-corrected chi connectivity index (χ4v) is 4.27. The van der Waals surface area contributed by atoms with Crippen LogP contribution >= 0.6 is 0 Å². The van der Waals surface area contributed by atoms with E-state index in [0.717, 1.165) is 27.7 Å². The van der Waals surface area contributed by atoms with Gasteiger partial charge in [-0.1, -0.05) is 18.2 Å². The Morgan fingerprint density at radius 1 is 1.12 bits per heavy atom. The van der Waals surface area contributed by atoms with E-state index in [2.05, 4.69) is 32.4 Å². The summed E-state index contributed by atoms with van der Waals surface area (Å²) in [6.07, 6.45) is 12.1. The first kappa shape index (κ1) is 27.8. The number of hydrogen-bond acceptors (Lipinski definition) is 6. The SMILES string of the molecule is C/C=C(N)/C(=C\C(=C/N)c1cncc(NC(=O)N(C)C)c1)C(=NCC)c1cc2c(-c3ccncc3)cccc2[nH]1. The quantitative estimate of drug-likeness (QED) is 0.179. The standard InChI is InChI=1S/C31H34N8O/c1-5-27(33)26(15-21(17-32)22-14-23(19-35-18-22)37-31(40)39(3)4)30(36-6-2)29-16-25-24(8-7-9-28(25)38-29)20-10-12-34-13-11-20/h5,7-19,38H,6,32-33H2,1-4H3,(H,37,40)/b21-17+,26-15+,27-5-,36-30?. The maximum absolute atomic E-state index is 12.2. The molecule has 3 heterocycles. The summed E-state index contributed by atoms with van der Waals surface area (Å²) >= 11 is 0. The van der Waals surface area contributed by atoms with Crippen molar-refractivity contribution in [3.63, 3.8) is 0 Å². The van der Waals surface area contributed by atoms with Gasteiger partial charge in [-0.15, -0.1) is 0 Å². The number of amides is 2. The van der Waals surface area contributed by atoms with E-state index in [1.54, 1.807) is 38.9 Å². The highest BCUT2D eigenvalue weighted by molar-refractivity contribution is 6.17. The van der Waals surface area contributed by atoms with Gasteiger partial charge in [0.15, 0.2) is 0 Å². The molecule has 0 aliphatic carbocycles. The summed E-state index contributed by atoms with van der Waals surface area (Å²) in [4.78, 5) is 30.5. The van der Waals surface area contributed by atoms with Crippen LogP contribution in [-0.4, -0.2) is 52.2 Å². The van der Waals surface area contributed by atoms with Crippen LogP contribution in [-0.2, 0) is 0 Å². The maximum atomic E-state index is 12.2. The molecule has 0 saturated heterocycles. The van der Waals surface area contributed by atoms with Crippen LogP contribution in [0.15, 0.2) is 102 Å². The van der Waals surface area contributed by atoms with Gasteiger partial charge in [0.2, 0.25) is 0 Å². The second kappa shape index (κ2) is 12.6. The van der Waals surface area contributed by atoms with Crippen LogP contribution in [0.5, 0.6) is 0 Å². The Balaban J connectivity index is 1.81. The number of hydrogen-bond donors (Lipinski definition) is 4. The number of urea groups is 1. The zero-order chi connectivity index (χ0) is 28.6. The van der Waals surface area contributed by atoms with E-state index in [1.807, 2.05) is 56.3 Å². The van der Waals surface area contributed by atoms with E-state index in [-0.39, 0.29) is 6.03 Å². The third-order valence-electron chi connectivity index (χ3n) is 6.31. The van der Waals surface area contributed by atoms with E-state index < -0.39 is 0 Å². The van der Waals surface area contributed by atoms with Crippen LogP contribution in [0.4, 0.5) is 10.5 Å². The Morgan fingerprint density at radius 3 is 2.58 bits per heavy atom. The Labute approximate surface area is 234 Å². The molecule has 0 atom stereocenters. The largest absolute Gasteiger partial charge is 0.404 e. The van der Waals surface area contributed by atoms with E-state index in [4.69, 9.17) is 16.5 Å². The average Bonchev–Trinajstić information content (AvgIpc) is 3.41. The number of H-pyrrole nitrogens is 1. The number of aromatic amines is 1. The van der Waals surface area contributed by atoms with Gasteiger partial charge in [0.25, 0.3) is 0 Å². The van der Waals surface area contributed by atoms with E-state index >= 15 is 0 Å². The third kappa shape index (κ3) is 6.10. The topological polar surface area (TPSA) is 138 Å². The van der Waals surface area contributed by atoms with Crippen molar-refractivity contribution in [3.05, 3.63) is 108 Å². The Bertz CT molecular complexity index is 1630. The number of pyridine rings is 2. The number of allylic oxidation sites excluding steroid dienone is 4. The highest BCUT2D eigenvalue weighted by Crippen LogP contribution is 2.31. The van der Waals surface area contributed by atoms with Gasteiger partial charge in [-0.25, -0.2) is 4.79 Å². The van der Waals surface area contributed by atoms with Crippen molar-refractivity contribution in [2.24, 2.45) is 16.5 Å². The number of aliphatic imine (C=N–C) groups is 1. The van der Waals surface area contributed by atoms with Gasteiger partial charge in [0, 0.05) is 73.2 Å². The Morgan fingerprint density at radius 2 is 1.90 bits per heavy atom. The molecule has 3 aromatic heterocycles. The molecule has 6 N–H and O–H groups in total. The van der Waals surface area contributed by atoms with E-state index in [1.165, 1.54) is 11.1 Å². The molecule has 0 bridgehead atoms. The number of anilines is 1. The van der Waals surface area contributed by atoms with Crippen molar-refractivity contribution in [2.45, 2.75) is 13.8 Å². The fraction of sp³-hybridized carbons (Fsp3) is 0.161. The van der Waals surface area contributed by atoms with Crippen molar-refractivity contribution in [3.8, 4) is 11.1 Å². The van der Waals surface area contributed by atoms with Crippen LogP contribution < -0.4 is 16.8 Å². The molecule has 9 heteroatoms. The minimum Gasteiger partial charge on any atom is -0.404 e. The van der Waals surface area contributed by atoms with Crippen LogP contribution in [0, 0.1) is 0 Å². The lowest BCUT2D eigenvalue weighted by atomic mass is 9.97. The average molecular weight is 535 g/mol. The molecule has 0 fully saturated rings. The number of nitrogens with zero attached hydrogens (tertiary/aromatic N) is 4. The molecule has 0 radical (unpaired) electrons. The van der Waals surface area contributed by atoms with Crippen molar-refractivity contribution in [2.75, 3.05) is 26.0 Å². The summed E-state index contributed by atoms with van der Waals surface area (Å²) in [5, 5.41) is 3.88. The van der Waals surface area contributed by atoms with Gasteiger partial charge in [-0.05, 0) is 67.0 Å². The minimum atomic E-state index is -0.256.